The van der Waals surface area contributed by atoms with E-state index in [1.165, 1.54) is 13.0 Å². The second-order valence-corrected chi connectivity index (χ2v) is 9.79. The summed E-state index contributed by atoms with van der Waals surface area (Å²) in [4.78, 5) is 13.6. The molecule has 3 aromatic rings. The molecule has 222 valence electrons. The monoisotopic (exact) mass is 580 g/mol. The predicted octanol–water partition coefficient (Wildman–Crippen LogP) is -1.05. The number of benzene rings is 2. The fourth-order valence-electron chi connectivity index (χ4n) is 4.64. The molecule has 5 rings (SSSR count). The molecule has 2 fully saturated rings. The van der Waals surface area contributed by atoms with Crippen LogP contribution in [0.4, 0.5) is 0 Å². The van der Waals surface area contributed by atoms with Crippen LogP contribution in [0.2, 0.25) is 0 Å². The Bertz CT molecular complexity index is 1490. The van der Waals surface area contributed by atoms with Crippen molar-refractivity contribution in [2.24, 2.45) is 0 Å². The second-order valence-electron chi connectivity index (χ2n) is 9.79. The summed E-state index contributed by atoms with van der Waals surface area (Å²) in [7, 11) is 0. The molecule has 0 spiro atoms. The summed E-state index contributed by atoms with van der Waals surface area (Å²) in [5.41, 5.74) is -1.24. The van der Waals surface area contributed by atoms with E-state index in [1.54, 1.807) is 0 Å². The zero-order valence-electron chi connectivity index (χ0n) is 21.3. The van der Waals surface area contributed by atoms with Crippen LogP contribution in [0.3, 0.4) is 0 Å². The van der Waals surface area contributed by atoms with Crippen molar-refractivity contribution >= 4 is 11.0 Å². The number of aromatic hydroxyl groups is 4. The van der Waals surface area contributed by atoms with Gasteiger partial charge in [0.2, 0.25) is 17.5 Å². The molecule has 15 heteroatoms. The number of phenolic OH excluding ortho intramolecular Hbond substituents is 4. The van der Waals surface area contributed by atoms with Crippen molar-refractivity contribution in [2.75, 3.05) is 6.61 Å². The molecule has 0 aliphatic carbocycles. The third kappa shape index (κ3) is 5.25. The average molecular weight is 580 g/mol. The van der Waals surface area contributed by atoms with Crippen LogP contribution in [-0.2, 0) is 14.2 Å². The minimum atomic E-state index is -1.79. The van der Waals surface area contributed by atoms with E-state index >= 15 is 0 Å². The van der Waals surface area contributed by atoms with Crippen molar-refractivity contribution in [1.82, 2.24) is 0 Å². The molecule has 2 aromatic carbocycles. The van der Waals surface area contributed by atoms with Crippen LogP contribution in [0, 0.1) is 0 Å². The van der Waals surface area contributed by atoms with Gasteiger partial charge in [0.25, 0.3) is 0 Å². The highest BCUT2D eigenvalue weighted by Crippen LogP contribution is 2.39. The Balaban J connectivity index is 1.59. The number of aliphatic hydroxyl groups excluding tert-OH is 5. The van der Waals surface area contributed by atoms with Gasteiger partial charge in [-0.15, -0.1) is 0 Å². The van der Waals surface area contributed by atoms with Crippen LogP contribution in [0.1, 0.15) is 6.92 Å². The molecule has 2 aliphatic rings. The van der Waals surface area contributed by atoms with E-state index in [2.05, 4.69) is 0 Å². The van der Waals surface area contributed by atoms with Crippen LogP contribution in [0.25, 0.3) is 22.3 Å². The standard InChI is InChI=1S/C26H28O15/c1-8-17(32)20(35)21(36)25(38-8)41-24-18(33)14(31)7-37-26(24)40-23-19(34)16-13(30)5-10(27)6-15(16)39-22(23)9-2-3-11(28)12(29)4-9/h2-6,8,14,17-18,20-21,24-33,35-36H,7H2,1H3/t8-,14+,17-,18+,20+,21-,24+,25-,26+/m0/s1. The quantitative estimate of drug-likeness (QED) is 0.163. The maximum absolute atomic E-state index is 13.6. The van der Waals surface area contributed by atoms with Gasteiger partial charge in [-0.25, -0.2) is 0 Å². The molecule has 3 heterocycles. The molecule has 1 aromatic heterocycles. The Hall–Kier alpha value is -3.67. The first kappa shape index (κ1) is 28.8. The molecule has 0 radical (unpaired) electrons. The summed E-state index contributed by atoms with van der Waals surface area (Å²) in [5, 5.41) is 91.2. The van der Waals surface area contributed by atoms with Gasteiger partial charge < -0.3 is 69.3 Å². The van der Waals surface area contributed by atoms with E-state index in [0.29, 0.717) is 0 Å². The number of hydrogen-bond donors (Lipinski definition) is 9. The predicted molar refractivity (Wildman–Crippen MR) is 134 cm³/mol. The van der Waals surface area contributed by atoms with Gasteiger partial charge in [0.05, 0.1) is 12.7 Å². The normalized spacial score (nSPS) is 32.2. The second kappa shape index (κ2) is 11.0. The van der Waals surface area contributed by atoms with Crippen molar-refractivity contribution in [3.63, 3.8) is 0 Å². The third-order valence-electron chi connectivity index (χ3n) is 6.92. The molecule has 41 heavy (non-hydrogen) atoms. The van der Waals surface area contributed by atoms with Gasteiger partial charge in [-0.05, 0) is 25.1 Å². The molecule has 2 saturated heterocycles. The molecule has 0 unspecified atom stereocenters. The lowest BCUT2D eigenvalue weighted by Crippen LogP contribution is -2.62. The number of rotatable bonds is 5. The zero-order valence-corrected chi connectivity index (χ0v) is 21.3. The Morgan fingerprint density at radius 2 is 1.56 bits per heavy atom. The van der Waals surface area contributed by atoms with E-state index < -0.39 is 101 Å². The Morgan fingerprint density at radius 1 is 0.829 bits per heavy atom. The van der Waals surface area contributed by atoms with E-state index in [-0.39, 0.29) is 16.9 Å². The zero-order chi connectivity index (χ0) is 29.7. The van der Waals surface area contributed by atoms with E-state index in [9.17, 15) is 50.8 Å². The van der Waals surface area contributed by atoms with Crippen molar-refractivity contribution in [1.29, 1.82) is 0 Å². The minimum absolute atomic E-state index is 0.00274. The lowest BCUT2D eigenvalue weighted by molar-refractivity contribution is -0.344. The molecular formula is C26H28O15. The van der Waals surface area contributed by atoms with Gasteiger partial charge in [-0.1, -0.05) is 0 Å². The van der Waals surface area contributed by atoms with Gasteiger partial charge in [0.1, 0.15) is 53.0 Å². The van der Waals surface area contributed by atoms with E-state index in [1.807, 2.05) is 0 Å². The number of phenols is 4. The van der Waals surface area contributed by atoms with Crippen molar-refractivity contribution in [2.45, 2.75) is 62.2 Å². The number of hydrogen-bond acceptors (Lipinski definition) is 15. The fraction of sp³-hybridized carbons (Fsp3) is 0.423. The molecular weight excluding hydrogens is 552 g/mol. The van der Waals surface area contributed by atoms with Crippen molar-refractivity contribution < 1.29 is 69.3 Å². The first-order valence-electron chi connectivity index (χ1n) is 12.4. The third-order valence-corrected chi connectivity index (χ3v) is 6.92. The van der Waals surface area contributed by atoms with Gasteiger partial charge >= 0.3 is 0 Å². The fourth-order valence-corrected chi connectivity index (χ4v) is 4.64. The molecule has 2 aliphatic heterocycles. The van der Waals surface area contributed by atoms with Gasteiger partial charge in [0.15, 0.2) is 29.7 Å². The first-order chi connectivity index (χ1) is 19.4. The Morgan fingerprint density at radius 3 is 2.27 bits per heavy atom. The van der Waals surface area contributed by atoms with Gasteiger partial charge in [-0.3, -0.25) is 4.79 Å². The lowest BCUT2D eigenvalue weighted by atomic mass is 9.99. The summed E-state index contributed by atoms with van der Waals surface area (Å²) in [6.07, 6.45) is -14.2. The smallest absolute Gasteiger partial charge is 0.239 e. The minimum Gasteiger partial charge on any atom is -0.508 e. The first-order valence-corrected chi connectivity index (χ1v) is 12.4. The largest absolute Gasteiger partial charge is 0.508 e. The average Bonchev–Trinajstić information content (AvgIpc) is 2.92. The number of aliphatic hydroxyl groups is 5. The van der Waals surface area contributed by atoms with Crippen LogP contribution >= 0.6 is 0 Å². The summed E-state index contributed by atoms with van der Waals surface area (Å²) in [6, 6.07) is 5.36. The molecule has 0 saturated carbocycles. The Kier molecular flexibility index (Phi) is 7.71. The van der Waals surface area contributed by atoms with E-state index in [0.717, 1.165) is 24.3 Å². The summed E-state index contributed by atoms with van der Waals surface area (Å²) >= 11 is 0. The molecule has 9 N–H and O–H groups in total. The molecule has 0 bridgehead atoms. The van der Waals surface area contributed by atoms with Crippen molar-refractivity contribution in [3.05, 3.63) is 40.6 Å². The summed E-state index contributed by atoms with van der Waals surface area (Å²) in [6.45, 7) is 0.904. The lowest BCUT2D eigenvalue weighted by Gasteiger charge is -2.43. The maximum Gasteiger partial charge on any atom is 0.239 e. The summed E-state index contributed by atoms with van der Waals surface area (Å²) < 4.78 is 28.2. The molecule has 15 nitrogen and oxygen atoms in total. The number of fused-ring (bicyclic) bond motifs is 1. The maximum atomic E-state index is 13.6. The Labute approximate surface area is 230 Å². The highest BCUT2D eigenvalue weighted by Gasteiger charge is 2.48. The SMILES string of the molecule is C[C@@H]1O[C@@H](O[C@H]2[C@@H](Oc3c(-c4ccc(O)c(O)c4)oc4cc(O)cc(O)c4c3=O)OC[C@@H](O)[C@H]2O)[C@@H](O)[C@H](O)[C@H]1O. The van der Waals surface area contributed by atoms with Crippen molar-refractivity contribution in [3.8, 4) is 40.1 Å². The molecule has 0 amide bonds. The highest BCUT2D eigenvalue weighted by atomic mass is 16.8. The van der Waals surface area contributed by atoms with Crippen LogP contribution < -0.4 is 10.2 Å². The topological polar surface area (TPSA) is 249 Å². The van der Waals surface area contributed by atoms with Crippen LogP contribution in [0.5, 0.6) is 28.7 Å². The van der Waals surface area contributed by atoms with Crippen LogP contribution in [-0.4, -0.2) is 108 Å². The van der Waals surface area contributed by atoms with E-state index in [4.69, 9.17) is 23.4 Å². The number of ether oxygens (including phenoxy) is 4. The van der Waals surface area contributed by atoms with Crippen LogP contribution in [0.15, 0.2) is 39.5 Å². The highest BCUT2D eigenvalue weighted by molar-refractivity contribution is 5.88. The molecule has 9 atom stereocenters. The summed E-state index contributed by atoms with van der Waals surface area (Å²) in [5.74, 6) is -3.14. The van der Waals surface area contributed by atoms with Gasteiger partial charge in [-0.2, -0.15) is 0 Å². The van der Waals surface area contributed by atoms with Gasteiger partial charge in [0, 0.05) is 17.7 Å².